The predicted molar refractivity (Wildman–Crippen MR) is 59.6 cm³/mol. The predicted octanol–water partition coefficient (Wildman–Crippen LogP) is 2.07. The molecule has 2 aromatic heterocycles. The van der Waals surface area contributed by atoms with Crippen LogP contribution < -0.4 is 0 Å². The molecule has 2 heterocycles. The molecule has 17 heavy (non-hydrogen) atoms. The summed E-state index contributed by atoms with van der Waals surface area (Å²) >= 11 is 0. The zero-order valence-electron chi connectivity index (χ0n) is 9.54. The molecule has 2 aliphatic rings. The highest BCUT2D eigenvalue weighted by atomic mass is 16.5. The molecule has 0 spiro atoms. The molecule has 2 aromatic rings. The molecule has 0 unspecified atom stereocenters. The highest BCUT2D eigenvalue weighted by molar-refractivity contribution is 5.13. The molecule has 0 bridgehead atoms. The SMILES string of the molecule is c1cc(Cn2nc(C3CC3)nc2C2CC2)no1. The minimum absolute atomic E-state index is 0.617. The Morgan fingerprint density at radius 1 is 1.24 bits per heavy atom. The Morgan fingerprint density at radius 2 is 2.06 bits per heavy atom. The van der Waals surface area contributed by atoms with Crippen LogP contribution in [-0.4, -0.2) is 19.9 Å². The lowest BCUT2D eigenvalue weighted by Crippen LogP contribution is -2.06. The summed E-state index contributed by atoms with van der Waals surface area (Å²) in [7, 11) is 0. The topological polar surface area (TPSA) is 56.7 Å². The van der Waals surface area contributed by atoms with E-state index in [0.29, 0.717) is 18.4 Å². The third-order valence-corrected chi connectivity index (χ3v) is 3.40. The summed E-state index contributed by atoms with van der Waals surface area (Å²) in [6.07, 6.45) is 6.60. The molecule has 2 aliphatic carbocycles. The minimum Gasteiger partial charge on any atom is -0.364 e. The molecular formula is C12H14N4O. The van der Waals surface area contributed by atoms with E-state index in [4.69, 9.17) is 9.51 Å². The Labute approximate surface area is 98.8 Å². The van der Waals surface area contributed by atoms with Crippen molar-refractivity contribution in [3.63, 3.8) is 0 Å². The zero-order valence-corrected chi connectivity index (χ0v) is 9.54. The van der Waals surface area contributed by atoms with Crippen molar-refractivity contribution in [1.82, 2.24) is 19.9 Å². The van der Waals surface area contributed by atoms with E-state index >= 15 is 0 Å². The monoisotopic (exact) mass is 230 g/mol. The molecule has 0 radical (unpaired) electrons. The van der Waals surface area contributed by atoms with E-state index < -0.39 is 0 Å². The average molecular weight is 230 g/mol. The van der Waals surface area contributed by atoms with Crippen LogP contribution in [0.15, 0.2) is 16.9 Å². The van der Waals surface area contributed by atoms with Gasteiger partial charge < -0.3 is 4.52 Å². The van der Waals surface area contributed by atoms with Gasteiger partial charge >= 0.3 is 0 Å². The zero-order chi connectivity index (χ0) is 11.2. The van der Waals surface area contributed by atoms with Gasteiger partial charge in [0.2, 0.25) is 0 Å². The molecule has 0 aliphatic heterocycles. The van der Waals surface area contributed by atoms with Crippen molar-refractivity contribution in [1.29, 1.82) is 0 Å². The van der Waals surface area contributed by atoms with Crippen LogP contribution in [0.25, 0.3) is 0 Å². The third-order valence-electron chi connectivity index (χ3n) is 3.40. The fourth-order valence-electron chi connectivity index (χ4n) is 2.12. The first-order valence-corrected chi connectivity index (χ1v) is 6.24. The van der Waals surface area contributed by atoms with Crippen molar-refractivity contribution in [2.75, 3.05) is 0 Å². The van der Waals surface area contributed by atoms with E-state index in [0.717, 1.165) is 17.3 Å². The second kappa shape index (κ2) is 3.42. The molecule has 5 nitrogen and oxygen atoms in total. The van der Waals surface area contributed by atoms with Gasteiger partial charge in [-0.3, -0.25) is 0 Å². The smallest absolute Gasteiger partial charge is 0.154 e. The highest BCUT2D eigenvalue weighted by Crippen LogP contribution is 2.42. The summed E-state index contributed by atoms with van der Waals surface area (Å²) in [5.74, 6) is 3.43. The molecule has 5 heteroatoms. The Kier molecular flexibility index (Phi) is 1.89. The van der Waals surface area contributed by atoms with Gasteiger partial charge in [0.15, 0.2) is 5.82 Å². The molecular weight excluding hydrogens is 216 g/mol. The van der Waals surface area contributed by atoms with Crippen LogP contribution in [0.3, 0.4) is 0 Å². The van der Waals surface area contributed by atoms with Crippen LogP contribution in [0.1, 0.15) is 54.9 Å². The number of aromatic nitrogens is 4. The molecule has 0 aromatic carbocycles. The van der Waals surface area contributed by atoms with Crippen molar-refractivity contribution in [2.45, 2.75) is 44.1 Å². The lowest BCUT2D eigenvalue weighted by Gasteiger charge is -2.01. The maximum absolute atomic E-state index is 4.86. The first-order chi connectivity index (χ1) is 8.40. The van der Waals surface area contributed by atoms with Crippen LogP contribution in [0, 0.1) is 0 Å². The molecule has 2 saturated carbocycles. The summed E-state index contributed by atoms with van der Waals surface area (Å²) in [5, 5.41) is 8.57. The van der Waals surface area contributed by atoms with Gasteiger partial charge in [0.1, 0.15) is 17.8 Å². The van der Waals surface area contributed by atoms with Crippen molar-refractivity contribution in [2.24, 2.45) is 0 Å². The van der Waals surface area contributed by atoms with Gasteiger partial charge in [-0.25, -0.2) is 9.67 Å². The fraction of sp³-hybridized carbons (Fsp3) is 0.583. The molecule has 0 saturated heterocycles. The highest BCUT2D eigenvalue weighted by Gasteiger charge is 2.34. The summed E-state index contributed by atoms with van der Waals surface area (Å²) in [5.41, 5.74) is 0.916. The quantitative estimate of drug-likeness (QED) is 0.806. The van der Waals surface area contributed by atoms with Crippen molar-refractivity contribution >= 4 is 0 Å². The average Bonchev–Trinajstić information content (AvgIpc) is 3.26. The Balaban J connectivity index is 1.67. The van der Waals surface area contributed by atoms with Gasteiger partial charge in [-0.15, -0.1) is 0 Å². The van der Waals surface area contributed by atoms with Gasteiger partial charge in [0.05, 0.1) is 6.54 Å². The van der Waals surface area contributed by atoms with Crippen molar-refractivity contribution < 1.29 is 4.52 Å². The van der Waals surface area contributed by atoms with E-state index in [1.165, 1.54) is 25.7 Å². The number of rotatable bonds is 4. The van der Waals surface area contributed by atoms with Gasteiger partial charge in [0, 0.05) is 17.9 Å². The van der Waals surface area contributed by atoms with E-state index in [-0.39, 0.29) is 0 Å². The van der Waals surface area contributed by atoms with Crippen LogP contribution in [0.2, 0.25) is 0 Å². The van der Waals surface area contributed by atoms with Crippen LogP contribution in [0.4, 0.5) is 0 Å². The van der Waals surface area contributed by atoms with Gasteiger partial charge in [-0.1, -0.05) is 5.16 Å². The number of hydrogen-bond acceptors (Lipinski definition) is 4. The standard InChI is InChI=1S/C12H14N4O/c1-2-8(1)11-13-12(9-3-4-9)16(14-11)7-10-5-6-17-15-10/h5-6,8-9H,1-4,7H2. The molecule has 0 amide bonds. The largest absolute Gasteiger partial charge is 0.364 e. The van der Waals surface area contributed by atoms with Gasteiger partial charge in [-0.2, -0.15) is 5.10 Å². The summed E-state index contributed by atoms with van der Waals surface area (Å²) < 4.78 is 6.87. The van der Waals surface area contributed by atoms with Crippen LogP contribution in [-0.2, 0) is 6.54 Å². The Bertz CT molecular complexity index is 523. The van der Waals surface area contributed by atoms with Crippen LogP contribution in [0.5, 0.6) is 0 Å². The van der Waals surface area contributed by atoms with Gasteiger partial charge in [0.25, 0.3) is 0 Å². The lowest BCUT2D eigenvalue weighted by atomic mass is 10.3. The van der Waals surface area contributed by atoms with E-state index in [1.807, 2.05) is 10.7 Å². The third kappa shape index (κ3) is 1.75. The molecule has 0 atom stereocenters. The van der Waals surface area contributed by atoms with E-state index in [2.05, 4.69) is 10.3 Å². The maximum atomic E-state index is 4.86. The Morgan fingerprint density at radius 3 is 2.71 bits per heavy atom. The van der Waals surface area contributed by atoms with Crippen molar-refractivity contribution in [3.8, 4) is 0 Å². The fourth-order valence-corrected chi connectivity index (χ4v) is 2.12. The first kappa shape index (κ1) is 9.39. The molecule has 4 rings (SSSR count). The van der Waals surface area contributed by atoms with Crippen molar-refractivity contribution in [3.05, 3.63) is 29.7 Å². The normalized spacial score (nSPS) is 19.8. The van der Waals surface area contributed by atoms with Gasteiger partial charge in [-0.05, 0) is 25.7 Å². The summed E-state index contributed by atoms with van der Waals surface area (Å²) in [6, 6.07) is 1.88. The maximum Gasteiger partial charge on any atom is 0.154 e. The number of hydrogen-bond donors (Lipinski definition) is 0. The lowest BCUT2D eigenvalue weighted by molar-refractivity contribution is 0.407. The number of nitrogens with zero attached hydrogens (tertiary/aromatic N) is 4. The van der Waals surface area contributed by atoms with E-state index in [1.54, 1.807) is 6.26 Å². The summed E-state index contributed by atoms with van der Waals surface area (Å²) in [4.78, 5) is 4.71. The Hall–Kier alpha value is -1.65. The molecule has 88 valence electrons. The minimum atomic E-state index is 0.617. The molecule has 2 fully saturated rings. The van der Waals surface area contributed by atoms with E-state index in [9.17, 15) is 0 Å². The second-order valence-corrected chi connectivity index (χ2v) is 5.03. The summed E-state index contributed by atoms with van der Waals surface area (Å²) in [6.45, 7) is 0.683. The van der Waals surface area contributed by atoms with Crippen LogP contribution >= 0.6 is 0 Å². The second-order valence-electron chi connectivity index (χ2n) is 5.03. The first-order valence-electron chi connectivity index (χ1n) is 6.24. The molecule has 0 N–H and O–H groups in total.